The van der Waals surface area contributed by atoms with Gasteiger partial charge in [-0.15, -0.1) is 5.10 Å². The van der Waals surface area contributed by atoms with Crippen LogP contribution >= 0.6 is 0 Å². The molecule has 0 amide bonds. The lowest BCUT2D eigenvalue weighted by molar-refractivity contribution is 0.429. The summed E-state index contributed by atoms with van der Waals surface area (Å²) in [6.45, 7) is 2.71. The number of rotatable bonds is 6. The zero-order valence-corrected chi connectivity index (χ0v) is 13.9. The predicted octanol–water partition coefficient (Wildman–Crippen LogP) is 1.84. The second-order valence-corrected chi connectivity index (χ2v) is 7.25. The SMILES string of the molecule is O=S(CCNC1CCCN(c2cccnn2)C1)c1ccccc1. The Labute approximate surface area is 139 Å². The molecule has 6 heteroatoms. The molecule has 2 unspecified atom stereocenters. The smallest absolute Gasteiger partial charge is 0.151 e. The van der Waals surface area contributed by atoms with Crippen LogP contribution < -0.4 is 10.2 Å². The Bertz CT molecular complexity index is 623. The number of piperidine rings is 1. The monoisotopic (exact) mass is 330 g/mol. The average Bonchev–Trinajstić information content (AvgIpc) is 2.63. The molecule has 122 valence electrons. The average molecular weight is 330 g/mol. The highest BCUT2D eigenvalue weighted by Gasteiger charge is 2.20. The minimum Gasteiger partial charge on any atom is -0.354 e. The molecular formula is C17H22N4OS. The van der Waals surface area contributed by atoms with E-state index in [1.165, 1.54) is 0 Å². The highest BCUT2D eigenvalue weighted by Crippen LogP contribution is 2.16. The van der Waals surface area contributed by atoms with E-state index in [9.17, 15) is 4.21 Å². The van der Waals surface area contributed by atoms with Gasteiger partial charge in [0.05, 0.1) is 10.8 Å². The highest BCUT2D eigenvalue weighted by molar-refractivity contribution is 7.85. The van der Waals surface area contributed by atoms with Crippen LogP contribution in [0.5, 0.6) is 0 Å². The summed E-state index contributed by atoms with van der Waals surface area (Å²) in [5.41, 5.74) is 0. The van der Waals surface area contributed by atoms with Crippen LogP contribution in [0, 0.1) is 0 Å². The van der Waals surface area contributed by atoms with E-state index < -0.39 is 10.8 Å². The fraction of sp³-hybridized carbons (Fsp3) is 0.412. The molecule has 23 heavy (non-hydrogen) atoms. The summed E-state index contributed by atoms with van der Waals surface area (Å²) in [6.07, 6.45) is 3.98. The molecule has 1 aliphatic heterocycles. The number of nitrogens with one attached hydrogen (secondary N) is 1. The summed E-state index contributed by atoms with van der Waals surface area (Å²) in [7, 11) is -0.931. The molecule has 1 aliphatic rings. The number of anilines is 1. The molecule has 1 aromatic heterocycles. The molecule has 2 aromatic rings. The Hall–Kier alpha value is -1.79. The third-order valence-electron chi connectivity index (χ3n) is 4.03. The first-order valence-corrected chi connectivity index (χ1v) is 9.34. The number of hydrogen-bond donors (Lipinski definition) is 1. The first kappa shape index (κ1) is 16.1. The largest absolute Gasteiger partial charge is 0.354 e. The summed E-state index contributed by atoms with van der Waals surface area (Å²) < 4.78 is 12.2. The van der Waals surface area contributed by atoms with Gasteiger partial charge in [0.2, 0.25) is 0 Å². The number of benzene rings is 1. The molecule has 0 radical (unpaired) electrons. The van der Waals surface area contributed by atoms with Crippen molar-refractivity contribution in [3.05, 3.63) is 48.7 Å². The zero-order valence-electron chi connectivity index (χ0n) is 13.1. The predicted molar refractivity (Wildman–Crippen MR) is 93.0 cm³/mol. The number of nitrogens with zero attached hydrogens (tertiary/aromatic N) is 3. The van der Waals surface area contributed by atoms with Crippen LogP contribution in [-0.4, -0.2) is 45.8 Å². The Kier molecular flexibility index (Phi) is 5.71. The van der Waals surface area contributed by atoms with Crippen LogP contribution in [0.15, 0.2) is 53.6 Å². The first-order chi connectivity index (χ1) is 11.3. The van der Waals surface area contributed by atoms with Gasteiger partial charge in [0.15, 0.2) is 5.82 Å². The quantitative estimate of drug-likeness (QED) is 0.876. The van der Waals surface area contributed by atoms with Crippen LogP contribution in [0.25, 0.3) is 0 Å². The molecule has 3 rings (SSSR count). The molecule has 0 aliphatic carbocycles. The Morgan fingerprint density at radius 1 is 1.22 bits per heavy atom. The van der Waals surface area contributed by atoms with Gasteiger partial charge in [0.25, 0.3) is 0 Å². The second kappa shape index (κ2) is 8.17. The molecule has 2 heterocycles. The summed E-state index contributed by atoms with van der Waals surface area (Å²) in [6, 6.07) is 14.0. The van der Waals surface area contributed by atoms with E-state index in [-0.39, 0.29) is 0 Å². The van der Waals surface area contributed by atoms with Crippen LogP contribution in [0.1, 0.15) is 12.8 Å². The minimum absolute atomic E-state index is 0.415. The lowest BCUT2D eigenvalue weighted by Crippen LogP contribution is -2.47. The van der Waals surface area contributed by atoms with Gasteiger partial charge in [-0.3, -0.25) is 4.21 Å². The van der Waals surface area contributed by atoms with E-state index in [1.54, 1.807) is 6.20 Å². The summed E-state index contributed by atoms with van der Waals surface area (Å²) >= 11 is 0. The van der Waals surface area contributed by atoms with Gasteiger partial charge in [-0.05, 0) is 37.1 Å². The standard InChI is InChI=1S/C17H22N4OS/c22-23(16-7-2-1-3-8-16)13-11-18-15-6-5-12-21(14-15)17-9-4-10-19-20-17/h1-4,7-10,15,18H,5-6,11-14H2. The maximum atomic E-state index is 12.2. The first-order valence-electron chi connectivity index (χ1n) is 8.02. The molecule has 1 N–H and O–H groups in total. The van der Waals surface area contributed by atoms with Gasteiger partial charge in [0.1, 0.15) is 0 Å². The zero-order chi connectivity index (χ0) is 15.9. The molecule has 0 saturated carbocycles. The van der Waals surface area contributed by atoms with Crippen LogP contribution in [0.2, 0.25) is 0 Å². The molecule has 0 spiro atoms. The second-order valence-electron chi connectivity index (χ2n) is 5.68. The van der Waals surface area contributed by atoms with Gasteiger partial charge in [0, 0.05) is 42.5 Å². The van der Waals surface area contributed by atoms with E-state index in [1.807, 2.05) is 42.5 Å². The Balaban J connectivity index is 1.46. The van der Waals surface area contributed by atoms with Crippen molar-refractivity contribution in [2.75, 3.05) is 30.3 Å². The minimum atomic E-state index is -0.931. The summed E-state index contributed by atoms with van der Waals surface area (Å²) in [4.78, 5) is 3.17. The summed E-state index contributed by atoms with van der Waals surface area (Å²) in [5.74, 6) is 1.58. The normalized spacial score (nSPS) is 19.5. The number of hydrogen-bond acceptors (Lipinski definition) is 5. The van der Waals surface area contributed by atoms with Crippen molar-refractivity contribution in [1.29, 1.82) is 0 Å². The molecule has 1 aromatic carbocycles. The third-order valence-corrected chi connectivity index (χ3v) is 5.40. The Morgan fingerprint density at radius 3 is 2.87 bits per heavy atom. The lowest BCUT2D eigenvalue weighted by atomic mass is 10.1. The van der Waals surface area contributed by atoms with E-state index >= 15 is 0 Å². The van der Waals surface area contributed by atoms with Crippen molar-refractivity contribution in [2.45, 2.75) is 23.8 Å². The van der Waals surface area contributed by atoms with Crippen molar-refractivity contribution in [2.24, 2.45) is 0 Å². The van der Waals surface area contributed by atoms with Crippen molar-refractivity contribution in [3.8, 4) is 0 Å². The van der Waals surface area contributed by atoms with Crippen molar-refractivity contribution in [3.63, 3.8) is 0 Å². The molecule has 5 nitrogen and oxygen atoms in total. The van der Waals surface area contributed by atoms with Crippen LogP contribution in [0.3, 0.4) is 0 Å². The van der Waals surface area contributed by atoms with Crippen molar-refractivity contribution < 1.29 is 4.21 Å². The van der Waals surface area contributed by atoms with Crippen LogP contribution in [0.4, 0.5) is 5.82 Å². The van der Waals surface area contributed by atoms with Crippen molar-refractivity contribution >= 4 is 16.6 Å². The molecular weight excluding hydrogens is 308 g/mol. The van der Waals surface area contributed by atoms with Gasteiger partial charge < -0.3 is 10.2 Å². The Morgan fingerprint density at radius 2 is 2.09 bits per heavy atom. The summed E-state index contributed by atoms with van der Waals surface area (Å²) in [5, 5.41) is 11.7. The fourth-order valence-corrected chi connectivity index (χ4v) is 3.86. The number of aromatic nitrogens is 2. The lowest BCUT2D eigenvalue weighted by Gasteiger charge is -2.33. The maximum Gasteiger partial charge on any atom is 0.151 e. The molecule has 1 fully saturated rings. The maximum absolute atomic E-state index is 12.2. The van der Waals surface area contributed by atoms with Gasteiger partial charge in [-0.1, -0.05) is 18.2 Å². The third kappa shape index (κ3) is 4.59. The van der Waals surface area contributed by atoms with Crippen LogP contribution in [-0.2, 0) is 10.8 Å². The van der Waals surface area contributed by atoms with E-state index in [0.717, 1.165) is 43.2 Å². The van der Waals surface area contributed by atoms with Gasteiger partial charge in [-0.25, -0.2) is 0 Å². The topological polar surface area (TPSA) is 58.1 Å². The molecule has 1 saturated heterocycles. The van der Waals surface area contributed by atoms with Gasteiger partial charge in [-0.2, -0.15) is 5.10 Å². The molecule has 0 bridgehead atoms. The fourth-order valence-electron chi connectivity index (χ4n) is 2.86. The molecule has 2 atom stereocenters. The van der Waals surface area contributed by atoms with E-state index in [2.05, 4.69) is 20.4 Å². The van der Waals surface area contributed by atoms with E-state index in [4.69, 9.17) is 0 Å². The van der Waals surface area contributed by atoms with E-state index in [0.29, 0.717) is 11.8 Å². The van der Waals surface area contributed by atoms with Crippen molar-refractivity contribution in [1.82, 2.24) is 15.5 Å². The van der Waals surface area contributed by atoms with Gasteiger partial charge >= 0.3 is 0 Å². The highest BCUT2D eigenvalue weighted by atomic mass is 32.2.